The zero-order valence-electron chi connectivity index (χ0n) is 20.9. The Labute approximate surface area is 197 Å². The third kappa shape index (κ3) is 8.49. The molecule has 33 heavy (non-hydrogen) atoms. The normalized spacial score (nSPS) is 11.9. The molecule has 0 amide bonds. The van der Waals surface area contributed by atoms with Gasteiger partial charge >= 0.3 is 5.63 Å². The number of allylic oxidation sites excluding steroid dienone is 4. The van der Waals surface area contributed by atoms with Crippen LogP contribution in [0.4, 0.5) is 0 Å². The highest BCUT2D eigenvalue weighted by Gasteiger charge is 2.21. The van der Waals surface area contributed by atoms with E-state index in [1.807, 2.05) is 26.0 Å². The molecule has 0 spiro atoms. The molecule has 0 aliphatic rings. The minimum atomic E-state index is -0.570. The smallest absolute Gasteiger partial charge is 0.383 e. The van der Waals surface area contributed by atoms with E-state index in [1.54, 1.807) is 6.07 Å². The number of hydrogen-bond acceptors (Lipinski definition) is 5. The van der Waals surface area contributed by atoms with Crippen molar-refractivity contribution in [3.63, 3.8) is 0 Å². The maximum Gasteiger partial charge on any atom is 0.383 e. The van der Waals surface area contributed by atoms with Crippen LogP contribution in [-0.4, -0.2) is 19.3 Å². The summed E-state index contributed by atoms with van der Waals surface area (Å²) in [6.45, 7) is 12.9. The molecule has 0 fully saturated rings. The molecule has 0 unspecified atom stereocenters. The Morgan fingerprint density at radius 2 is 1.82 bits per heavy atom. The average molecular weight is 455 g/mol. The summed E-state index contributed by atoms with van der Waals surface area (Å²) in [5.74, 6) is 1.01. The van der Waals surface area contributed by atoms with Crippen LogP contribution in [0.15, 0.2) is 62.9 Å². The molecular formula is C28H38O5. The monoisotopic (exact) mass is 454 g/mol. The van der Waals surface area contributed by atoms with Crippen LogP contribution in [0, 0.1) is 0 Å². The lowest BCUT2D eigenvalue weighted by Crippen LogP contribution is -2.15. The van der Waals surface area contributed by atoms with E-state index in [-0.39, 0.29) is 11.9 Å². The Balaban J connectivity index is 2.29. The highest BCUT2D eigenvalue weighted by Crippen LogP contribution is 2.37. The Morgan fingerprint density at radius 3 is 2.52 bits per heavy atom. The van der Waals surface area contributed by atoms with Gasteiger partial charge in [0.05, 0.1) is 18.1 Å². The van der Waals surface area contributed by atoms with Crippen molar-refractivity contribution >= 4 is 11.0 Å². The quantitative estimate of drug-likeness (QED) is 0.179. The Morgan fingerprint density at radius 1 is 1.03 bits per heavy atom. The molecule has 5 nitrogen and oxygen atoms in total. The minimum Gasteiger partial charge on any atom is -0.488 e. The van der Waals surface area contributed by atoms with Gasteiger partial charge in [0.25, 0.3) is 0 Å². The second kappa shape index (κ2) is 13.6. The van der Waals surface area contributed by atoms with Crippen molar-refractivity contribution in [2.75, 3.05) is 13.2 Å². The Hall–Kier alpha value is -2.95. The highest BCUT2D eigenvalue weighted by molar-refractivity contribution is 5.89. The summed E-state index contributed by atoms with van der Waals surface area (Å²) < 4.78 is 23.4. The summed E-state index contributed by atoms with van der Waals surface area (Å²) in [5.41, 5.74) is 2.38. The van der Waals surface area contributed by atoms with E-state index in [9.17, 15) is 4.79 Å². The van der Waals surface area contributed by atoms with Gasteiger partial charge in [-0.25, -0.2) is 4.79 Å². The molecule has 2 aromatic rings. The number of para-hydroxylation sites is 1. The maximum absolute atomic E-state index is 12.8. The molecule has 0 atom stereocenters. The van der Waals surface area contributed by atoms with Gasteiger partial charge in [0, 0.05) is 0 Å². The number of hydrogen-bond donors (Lipinski definition) is 0. The van der Waals surface area contributed by atoms with Crippen LogP contribution in [-0.2, 0) is 0 Å². The van der Waals surface area contributed by atoms with Crippen molar-refractivity contribution in [2.45, 2.75) is 73.3 Å². The summed E-state index contributed by atoms with van der Waals surface area (Å²) in [6.07, 6.45) is 12.0. The van der Waals surface area contributed by atoms with E-state index in [2.05, 4.69) is 52.0 Å². The summed E-state index contributed by atoms with van der Waals surface area (Å²) in [5, 5.41) is 0.659. The highest BCUT2D eigenvalue weighted by atomic mass is 16.5. The lowest BCUT2D eigenvalue weighted by atomic mass is 10.1. The number of fused-ring (bicyclic) bond motifs is 1. The molecule has 0 radical (unpaired) electrons. The summed E-state index contributed by atoms with van der Waals surface area (Å²) in [4.78, 5) is 12.8. The van der Waals surface area contributed by atoms with E-state index in [0.717, 1.165) is 25.7 Å². The van der Waals surface area contributed by atoms with Crippen molar-refractivity contribution in [2.24, 2.45) is 0 Å². The van der Waals surface area contributed by atoms with Gasteiger partial charge in [-0.05, 0) is 78.5 Å². The molecule has 0 saturated heterocycles. The largest absolute Gasteiger partial charge is 0.488 e. The fraction of sp³-hybridized carbons (Fsp3) is 0.464. The predicted octanol–water partition coefficient (Wildman–Crippen LogP) is 7.39. The van der Waals surface area contributed by atoms with Crippen molar-refractivity contribution in [1.82, 2.24) is 0 Å². The first-order chi connectivity index (χ1) is 15.8. The van der Waals surface area contributed by atoms with Crippen molar-refractivity contribution in [1.29, 1.82) is 0 Å². The van der Waals surface area contributed by atoms with E-state index in [1.165, 1.54) is 11.1 Å². The zero-order chi connectivity index (χ0) is 24.2. The summed E-state index contributed by atoms with van der Waals surface area (Å²) in [7, 11) is 0. The fourth-order valence-electron chi connectivity index (χ4n) is 3.23. The molecule has 0 aliphatic heterocycles. The second-order valence-corrected chi connectivity index (χ2v) is 8.55. The van der Waals surface area contributed by atoms with Crippen LogP contribution in [0.2, 0.25) is 0 Å². The van der Waals surface area contributed by atoms with Crippen molar-refractivity contribution < 1.29 is 18.6 Å². The number of rotatable bonds is 13. The van der Waals surface area contributed by atoms with Gasteiger partial charge in [0.15, 0.2) is 17.1 Å². The number of benzene rings is 1. The standard InChI is InChI=1S/C28H38O5/c1-7-8-9-10-18-31-26-23-15-12-16-24(25(23)33-28(29)27(26)32-21(4)5)30-19-17-22(6)14-11-13-20(2)3/h8-9,12-13,15-17,21H,7,10-11,14,18-19H2,1-6H3/b9-8+,22-17+. The van der Waals surface area contributed by atoms with Gasteiger partial charge in [-0.15, -0.1) is 0 Å². The first kappa shape index (κ1) is 26.3. The second-order valence-electron chi connectivity index (χ2n) is 8.55. The number of ether oxygens (including phenoxy) is 3. The van der Waals surface area contributed by atoms with Crippen LogP contribution in [0.5, 0.6) is 17.2 Å². The Kier molecular flexibility index (Phi) is 10.8. The average Bonchev–Trinajstić information content (AvgIpc) is 2.75. The molecule has 5 heteroatoms. The van der Waals surface area contributed by atoms with Gasteiger partial charge in [-0.3, -0.25) is 0 Å². The first-order valence-electron chi connectivity index (χ1n) is 11.8. The van der Waals surface area contributed by atoms with Gasteiger partial charge in [-0.2, -0.15) is 0 Å². The molecule has 1 aromatic carbocycles. The minimum absolute atomic E-state index is 0.101. The first-order valence-corrected chi connectivity index (χ1v) is 11.8. The summed E-state index contributed by atoms with van der Waals surface area (Å²) >= 11 is 0. The van der Waals surface area contributed by atoms with Crippen LogP contribution >= 0.6 is 0 Å². The molecule has 0 N–H and O–H groups in total. The van der Waals surface area contributed by atoms with Crippen molar-refractivity contribution in [3.8, 4) is 17.2 Å². The van der Waals surface area contributed by atoms with E-state index < -0.39 is 5.63 Å². The molecule has 180 valence electrons. The zero-order valence-corrected chi connectivity index (χ0v) is 20.9. The van der Waals surface area contributed by atoms with Crippen LogP contribution in [0.25, 0.3) is 11.0 Å². The third-order valence-corrected chi connectivity index (χ3v) is 4.86. The topological polar surface area (TPSA) is 57.9 Å². The molecule has 1 heterocycles. The van der Waals surface area contributed by atoms with Crippen molar-refractivity contribution in [3.05, 3.63) is 64.1 Å². The third-order valence-electron chi connectivity index (χ3n) is 4.86. The molecular weight excluding hydrogens is 416 g/mol. The predicted molar refractivity (Wildman–Crippen MR) is 136 cm³/mol. The van der Waals surface area contributed by atoms with Gasteiger partial charge in [0.2, 0.25) is 5.75 Å². The Bertz CT molecular complexity index is 1040. The van der Waals surface area contributed by atoms with Gasteiger partial charge in [0.1, 0.15) is 6.61 Å². The SMILES string of the molecule is CC/C=C/CCOc1c(OC(C)C)c(=O)oc2c(OC/C=C(\C)CCC=C(C)C)cccc12. The molecule has 1 aromatic heterocycles. The van der Waals surface area contributed by atoms with Gasteiger partial charge < -0.3 is 18.6 Å². The fourth-order valence-corrected chi connectivity index (χ4v) is 3.23. The van der Waals surface area contributed by atoms with Gasteiger partial charge in [-0.1, -0.05) is 42.4 Å². The molecule has 0 bridgehead atoms. The summed E-state index contributed by atoms with van der Waals surface area (Å²) in [6, 6.07) is 5.52. The maximum atomic E-state index is 12.8. The lowest BCUT2D eigenvalue weighted by Gasteiger charge is -2.16. The van der Waals surface area contributed by atoms with Crippen LogP contribution < -0.4 is 19.8 Å². The van der Waals surface area contributed by atoms with E-state index in [0.29, 0.717) is 35.7 Å². The van der Waals surface area contributed by atoms with E-state index in [4.69, 9.17) is 18.6 Å². The van der Waals surface area contributed by atoms with E-state index >= 15 is 0 Å². The molecule has 2 rings (SSSR count). The van der Waals surface area contributed by atoms with Crippen LogP contribution in [0.3, 0.4) is 0 Å². The lowest BCUT2D eigenvalue weighted by molar-refractivity contribution is 0.212. The molecule has 0 saturated carbocycles. The molecule has 0 aliphatic carbocycles. The van der Waals surface area contributed by atoms with Crippen LogP contribution in [0.1, 0.15) is 67.2 Å².